The molecule has 0 atom stereocenters. The number of aryl methyl sites for hydroxylation is 1. The number of halogens is 1. The predicted molar refractivity (Wildman–Crippen MR) is 58.1 cm³/mol. The first-order valence-electron chi connectivity index (χ1n) is 4.12. The van der Waals surface area contributed by atoms with Gasteiger partial charge >= 0.3 is 0 Å². The molecule has 1 aromatic heterocycles. The first kappa shape index (κ1) is 8.39. The molecule has 0 radical (unpaired) electrons. The van der Waals surface area contributed by atoms with Crippen molar-refractivity contribution in [2.45, 2.75) is 6.92 Å². The SMILES string of the molecule is C=Cc1[nH]c2ccc(Cl)cc2c1C. The highest BCUT2D eigenvalue weighted by molar-refractivity contribution is 6.31. The minimum atomic E-state index is 0.769. The van der Waals surface area contributed by atoms with E-state index in [1.807, 2.05) is 24.3 Å². The summed E-state index contributed by atoms with van der Waals surface area (Å²) in [6.07, 6.45) is 1.82. The van der Waals surface area contributed by atoms with Crippen molar-refractivity contribution in [1.82, 2.24) is 4.98 Å². The quantitative estimate of drug-likeness (QED) is 0.706. The van der Waals surface area contributed by atoms with Crippen LogP contribution in [0.15, 0.2) is 24.8 Å². The Morgan fingerprint density at radius 1 is 1.46 bits per heavy atom. The molecule has 0 aliphatic heterocycles. The third-order valence-electron chi connectivity index (χ3n) is 2.26. The molecule has 0 saturated heterocycles. The maximum Gasteiger partial charge on any atom is 0.0462 e. The molecule has 66 valence electrons. The van der Waals surface area contributed by atoms with Gasteiger partial charge in [-0.1, -0.05) is 18.2 Å². The summed E-state index contributed by atoms with van der Waals surface area (Å²) in [4.78, 5) is 3.26. The topological polar surface area (TPSA) is 15.8 Å². The largest absolute Gasteiger partial charge is 0.355 e. The van der Waals surface area contributed by atoms with Gasteiger partial charge in [0.25, 0.3) is 0 Å². The summed E-state index contributed by atoms with van der Waals surface area (Å²) in [5.74, 6) is 0. The molecule has 2 aromatic rings. The van der Waals surface area contributed by atoms with Crippen molar-refractivity contribution in [1.29, 1.82) is 0 Å². The maximum atomic E-state index is 5.90. The molecule has 0 spiro atoms. The van der Waals surface area contributed by atoms with Gasteiger partial charge in [-0.3, -0.25) is 0 Å². The second-order valence-electron chi connectivity index (χ2n) is 3.06. The molecule has 2 heteroatoms. The van der Waals surface area contributed by atoms with E-state index in [9.17, 15) is 0 Å². The van der Waals surface area contributed by atoms with Crippen molar-refractivity contribution in [3.8, 4) is 0 Å². The van der Waals surface area contributed by atoms with E-state index in [0.717, 1.165) is 16.2 Å². The molecule has 1 aromatic carbocycles. The van der Waals surface area contributed by atoms with E-state index in [-0.39, 0.29) is 0 Å². The van der Waals surface area contributed by atoms with Crippen molar-refractivity contribution in [2.24, 2.45) is 0 Å². The molecule has 0 aliphatic carbocycles. The van der Waals surface area contributed by atoms with E-state index >= 15 is 0 Å². The van der Waals surface area contributed by atoms with Crippen LogP contribution in [0.25, 0.3) is 17.0 Å². The van der Waals surface area contributed by atoms with Crippen molar-refractivity contribution < 1.29 is 0 Å². The average molecular weight is 192 g/mol. The molecule has 1 nitrogen and oxygen atoms in total. The maximum absolute atomic E-state index is 5.90. The Morgan fingerprint density at radius 2 is 2.23 bits per heavy atom. The first-order chi connectivity index (χ1) is 6.22. The Bertz CT molecular complexity index is 468. The monoisotopic (exact) mass is 191 g/mol. The highest BCUT2D eigenvalue weighted by Crippen LogP contribution is 2.25. The second kappa shape index (κ2) is 2.93. The summed E-state index contributed by atoms with van der Waals surface area (Å²) in [6.45, 7) is 5.81. The molecule has 1 heterocycles. The fourth-order valence-corrected chi connectivity index (χ4v) is 1.70. The standard InChI is InChI=1S/C11H10ClN/c1-3-10-7(2)9-6-8(12)4-5-11(9)13-10/h3-6,13H,1H2,2H3. The van der Waals surface area contributed by atoms with Gasteiger partial charge in [-0.25, -0.2) is 0 Å². The Hall–Kier alpha value is -1.21. The van der Waals surface area contributed by atoms with E-state index in [1.165, 1.54) is 10.9 Å². The molecule has 2 rings (SSSR count). The number of rotatable bonds is 1. The minimum Gasteiger partial charge on any atom is -0.355 e. The number of benzene rings is 1. The zero-order valence-electron chi connectivity index (χ0n) is 7.39. The average Bonchev–Trinajstić information content (AvgIpc) is 2.44. The fourth-order valence-electron chi connectivity index (χ4n) is 1.52. The van der Waals surface area contributed by atoms with Crippen molar-refractivity contribution in [3.05, 3.63) is 41.1 Å². The number of fused-ring (bicyclic) bond motifs is 1. The van der Waals surface area contributed by atoms with E-state index in [0.29, 0.717) is 0 Å². The van der Waals surface area contributed by atoms with Gasteiger partial charge in [-0.05, 0) is 36.8 Å². The van der Waals surface area contributed by atoms with Gasteiger partial charge < -0.3 is 4.98 Å². The molecule has 13 heavy (non-hydrogen) atoms. The highest BCUT2D eigenvalue weighted by Gasteiger charge is 2.04. The van der Waals surface area contributed by atoms with Gasteiger partial charge in [0.2, 0.25) is 0 Å². The molecule has 0 unspecified atom stereocenters. The summed E-state index contributed by atoms with van der Waals surface area (Å²) in [6, 6.07) is 5.83. The Labute approximate surface area is 82.0 Å². The summed E-state index contributed by atoms with van der Waals surface area (Å²) in [7, 11) is 0. The molecule has 1 N–H and O–H groups in total. The molecular weight excluding hydrogens is 182 g/mol. The van der Waals surface area contributed by atoms with Gasteiger partial charge in [-0.15, -0.1) is 0 Å². The number of hydrogen-bond donors (Lipinski definition) is 1. The fraction of sp³-hybridized carbons (Fsp3) is 0.0909. The summed E-state index contributed by atoms with van der Waals surface area (Å²) < 4.78 is 0. The number of aromatic amines is 1. The van der Waals surface area contributed by atoms with Crippen LogP contribution < -0.4 is 0 Å². The molecule has 0 saturated carbocycles. The normalized spacial score (nSPS) is 10.6. The Morgan fingerprint density at radius 3 is 2.92 bits per heavy atom. The Kier molecular flexibility index (Phi) is 1.89. The lowest BCUT2D eigenvalue weighted by Gasteiger charge is -1.91. The van der Waals surface area contributed by atoms with Crippen molar-refractivity contribution in [2.75, 3.05) is 0 Å². The van der Waals surface area contributed by atoms with E-state index in [2.05, 4.69) is 18.5 Å². The minimum absolute atomic E-state index is 0.769. The molecule has 0 amide bonds. The lowest BCUT2D eigenvalue weighted by atomic mass is 10.1. The van der Waals surface area contributed by atoms with Gasteiger partial charge in [-0.2, -0.15) is 0 Å². The van der Waals surface area contributed by atoms with Gasteiger partial charge in [0.15, 0.2) is 0 Å². The zero-order chi connectivity index (χ0) is 9.42. The molecule has 0 fully saturated rings. The number of nitrogens with one attached hydrogen (secondary N) is 1. The van der Waals surface area contributed by atoms with Crippen LogP contribution in [0.2, 0.25) is 5.02 Å². The van der Waals surface area contributed by atoms with Crippen LogP contribution in [0.4, 0.5) is 0 Å². The van der Waals surface area contributed by atoms with E-state index in [1.54, 1.807) is 0 Å². The summed E-state index contributed by atoms with van der Waals surface area (Å²) in [5, 5.41) is 1.94. The van der Waals surface area contributed by atoms with Crippen molar-refractivity contribution in [3.63, 3.8) is 0 Å². The number of H-pyrrole nitrogens is 1. The van der Waals surface area contributed by atoms with Crippen molar-refractivity contribution >= 4 is 28.6 Å². The van der Waals surface area contributed by atoms with Crippen LogP contribution in [0.3, 0.4) is 0 Å². The van der Waals surface area contributed by atoms with Crippen LogP contribution in [0.5, 0.6) is 0 Å². The third-order valence-corrected chi connectivity index (χ3v) is 2.50. The Balaban J connectivity index is 2.84. The van der Waals surface area contributed by atoms with Gasteiger partial charge in [0.05, 0.1) is 0 Å². The zero-order valence-corrected chi connectivity index (χ0v) is 8.15. The molecular formula is C11H10ClN. The van der Waals surface area contributed by atoms with Crippen LogP contribution >= 0.6 is 11.6 Å². The third kappa shape index (κ3) is 1.25. The first-order valence-corrected chi connectivity index (χ1v) is 4.50. The lowest BCUT2D eigenvalue weighted by Crippen LogP contribution is -1.71. The van der Waals surface area contributed by atoms with Crippen LogP contribution in [0, 0.1) is 6.92 Å². The smallest absolute Gasteiger partial charge is 0.0462 e. The van der Waals surface area contributed by atoms with E-state index in [4.69, 9.17) is 11.6 Å². The summed E-state index contributed by atoms with van der Waals surface area (Å²) in [5.41, 5.74) is 3.38. The molecule has 0 aliphatic rings. The molecule has 0 bridgehead atoms. The van der Waals surface area contributed by atoms with Gasteiger partial charge in [0.1, 0.15) is 0 Å². The lowest BCUT2D eigenvalue weighted by molar-refractivity contribution is 1.38. The highest BCUT2D eigenvalue weighted by atomic mass is 35.5. The van der Waals surface area contributed by atoms with Crippen LogP contribution in [0.1, 0.15) is 11.3 Å². The second-order valence-corrected chi connectivity index (χ2v) is 3.49. The predicted octanol–water partition coefficient (Wildman–Crippen LogP) is 3.77. The summed E-state index contributed by atoms with van der Waals surface area (Å²) >= 11 is 5.90. The van der Waals surface area contributed by atoms with Crippen LogP contribution in [-0.2, 0) is 0 Å². The van der Waals surface area contributed by atoms with E-state index < -0.39 is 0 Å². The van der Waals surface area contributed by atoms with Crippen LogP contribution in [-0.4, -0.2) is 4.98 Å². The van der Waals surface area contributed by atoms with Gasteiger partial charge in [0, 0.05) is 21.6 Å². The number of aromatic nitrogens is 1. The number of hydrogen-bond acceptors (Lipinski definition) is 0.